The average Bonchev–Trinajstić information content (AvgIpc) is 2.89. The smallest absolute Gasteiger partial charge is 0.158 e. The van der Waals surface area contributed by atoms with Crippen molar-refractivity contribution in [2.75, 3.05) is 12.4 Å². The second-order valence-corrected chi connectivity index (χ2v) is 3.79. The SMILES string of the molecule is COc1ccc(Nc2cccc3nonc23)cc1. The highest BCUT2D eigenvalue weighted by atomic mass is 16.6. The van der Waals surface area contributed by atoms with Crippen LogP contribution in [0.1, 0.15) is 0 Å². The quantitative estimate of drug-likeness (QED) is 0.763. The number of nitrogens with one attached hydrogen (secondary N) is 1. The van der Waals surface area contributed by atoms with Crippen molar-refractivity contribution >= 4 is 22.4 Å². The molecule has 0 radical (unpaired) electrons. The summed E-state index contributed by atoms with van der Waals surface area (Å²) in [5, 5.41) is 10.9. The van der Waals surface area contributed by atoms with Crippen molar-refractivity contribution in [3.63, 3.8) is 0 Å². The minimum absolute atomic E-state index is 0.716. The van der Waals surface area contributed by atoms with E-state index in [0.717, 1.165) is 22.6 Å². The van der Waals surface area contributed by atoms with Gasteiger partial charge in [0.05, 0.1) is 12.8 Å². The van der Waals surface area contributed by atoms with Gasteiger partial charge in [0.25, 0.3) is 0 Å². The molecule has 18 heavy (non-hydrogen) atoms. The van der Waals surface area contributed by atoms with Gasteiger partial charge in [-0.15, -0.1) is 0 Å². The van der Waals surface area contributed by atoms with Crippen molar-refractivity contribution in [1.82, 2.24) is 10.3 Å². The molecule has 5 heteroatoms. The molecule has 0 atom stereocenters. The van der Waals surface area contributed by atoms with Crippen molar-refractivity contribution in [2.24, 2.45) is 0 Å². The fourth-order valence-electron chi connectivity index (χ4n) is 1.74. The molecular formula is C13H11N3O2. The summed E-state index contributed by atoms with van der Waals surface area (Å²) < 4.78 is 9.83. The standard InChI is InChI=1S/C13H11N3O2/c1-17-10-7-5-9(6-8-10)14-11-3-2-4-12-13(11)16-18-15-12/h2-8,14H,1H3. The van der Waals surface area contributed by atoms with Crippen LogP contribution in [-0.2, 0) is 0 Å². The number of aromatic nitrogens is 2. The van der Waals surface area contributed by atoms with Crippen LogP contribution in [0, 0.1) is 0 Å². The second kappa shape index (κ2) is 4.37. The molecule has 0 bridgehead atoms. The number of ether oxygens (including phenoxy) is 1. The molecule has 0 saturated carbocycles. The Labute approximate surface area is 103 Å². The normalized spacial score (nSPS) is 10.5. The Morgan fingerprint density at radius 1 is 1.06 bits per heavy atom. The summed E-state index contributed by atoms with van der Waals surface area (Å²) in [6, 6.07) is 13.3. The molecule has 90 valence electrons. The first-order valence-corrected chi connectivity index (χ1v) is 5.49. The van der Waals surface area contributed by atoms with Gasteiger partial charge in [0.15, 0.2) is 5.52 Å². The lowest BCUT2D eigenvalue weighted by Crippen LogP contribution is -1.91. The van der Waals surface area contributed by atoms with E-state index >= 15 is 0 Å². The molecule has 3 rings (SSSR count). The van der Waals surface area contributed by atoms with Gasteiger partial charge in [-0.1, -0.05) is 6.07 Å². The number of methoxy groups -OCH3 is 1. The van der Waals surface area contributed by atoms with E-state index in [4.69, 9.17) is 9.37 Å². The molecule has 0 aliphatic rings. The van der Waals surface area contributed by atoms with Gasteiger partial charge < -0.3 is 10.1 Å². The topological polar surface area (TPSA) is 60.2 Å². The van der Waals surface area contributed by atoms with Gasteiger partial charge in [-0.2, -0.15) is 0 Å². The largest absolute Gasteiger partial charge is 0.497 e. The predicted molar refractivity (Wildman–Crippen MR) is 68.1 cm³/mol. The van der Waals surface area contributed by atoms with Crippen molar-refractivity contribution in [3.05, 3.63) is 42.5 Å². The zero-order valence-corrected chi connectivity index (χ0v) is 9.75. The Kier molecular flexibility index (Phi) is 2.57. The maximum Gasteiger partial charge on any atom is 0.158 e. The van der Waals surface area contributed by atoms with E-state index in [-0.39, 0.29) is 0 Å². The Morgan fingerprint density at radius 2 is 1.89 bits per heavy atom. The molecule has 0 aliphatic carbocycles. The van der Waals surface area contributed by atoms with Crippen molar-refractivity contribution in [1.29, 1.82) is 0 Å². The molecular weight excluding hydrogens is 230 g/mol. The summed E-state index contributed by atoms with van der Waals surface area (Å²) in [5.41, 5.74) is 3.26. The van der Waals surface area contributed by atoms with Crippen LogP contribution < -0.4 is 10.1 Å². The Hall–Kier alpha value is -2.56. The van der Waals surface area contributed by atoms with Crippen LogP contribution in [-0.4, -0.2) is 17.4 Å². The van der Waals surface area contributed by atoms with E-state index < -0.39 is 0 Å². The molecule has 0 unspecified atom stereocenters. The molecule has 1 aromatic heterocycles. The predicted octanol–water partition coefficient (Wildman–Crippen LogP) is 2.98. The van der Waals surface area contributed by atoms with Crippen molar-refractivity contribution in [3.8, 4) is 5.75 Å². The van der Waals surface area contributed by atoms with Crippen LogP contribution in [0.15, 0.2) is 47.1 Å². The number of anilines is 2. The molecule has 5 nitrogen and oxygen atoms in total. The molecule has 3 aromatic rings. The molecule has 1 N–H and O–H groups in total. The summed E-state index contributed by atoms with van der Waals surface area (Å²) in [7, 11) is 1.64. The highest BCUT2D eigenvalue weighted by molar-refractivity contribution is 5.89. The van der Waals surface area contributed by atoms with E-state index in [2.05, 4.69) is 15.6 Å². The first kappa shape index (κ1) is 10.6. The molecule has 1 heterocycles. The number of rotatable bonds is 3. The van der Waals surface area contributed by atoms with Gasteiger partial charge in [0.2, 0.25) is 0 Å². The Balaban J connectivity index is 1.93. The minimum atomic E-state index is 0.716. The zero-order valence-electron chi connectivity index (χ0n) is 9.75. The average molecular weight is 241 g/mol. The molecule has 2 aromatic carbocycles. The Bertz CT molecular complexity index is 661. The van der Waals surface area contributed by atoms with Crippen LogP contribution in [0.25, 0.3) is 11.0 Å². The minimum Gasteiger partial charge on any atom is -0.497 e. The van der Waals surface area contributed by atoms with E-state index in [9.17, 15) is 0 Å². The summed E-state index contributed by atoms with van der Waals surface area (Å²) in [4.78, 5) is 0. The van der Waals surface area contributed by atoms with Gasteiger partial charge in [-0.25, -0.2) is 4.63 Å². The summed E-state index contributed by atoms with van der Waals surface area (Å²) >= 11 is 0. The lowest BCUT2D eigenvalue weighted by atomic mass is 10.2. The third-order valence-corrected chi connectivity index (χ3v) is 2.66. The third-order valence-electron chi connectivity index (χ3n) is 2.66. The van der Waals surface area contributed by atoms with E-state index in [1.165, 1.54) is 0 Å². The number of nitrogens with zero attached hydrogens (tertiary/aromatic N) is 2. The van der Waals surface area contributed by atoms with Gasteiger partial charge in [0, 0.05) is 5.69 Å². The molecule has 0 saturated heterocycles. The number of hydrogen-bond acceptors (Lipinski definition) is 5. The van der Waals surface area contributed by atoms with Crippen LogP contribution >= 0.6 is 0 Å². The highest BCUT2D eigenvalue weighted by Gasteiger charge is 2.06. The fraction of sp³-hybridized carbons (Fsp3) is 0.0769. The summed E-state index contributed by atoms with van der Waals surface area (Å²) in [6.45, 7) is 0. The summed E-state index contributed by atoms with van der Waals surface area (Å²) in [5.74, 6) is 0.821. The maximum atomic E-state index is 5.11. The van der Waals surface area contributed by atoms with Gasteiger partial charge in [0.1, 0.15) is 11.3 Å². The van der Waals surface area contributed by atoms with E-state index in [0.29, 0.717) is 5.52 Å². The van der Waals surface area contributed by atoms with Crippen molar-refractivity contribution < 1.29 is 9.37 Å². The second-order valence-electron chi connectivity index (χ2n) is 3.79. The first-order valence-electron chi connectivity index (χ1n) is 5.49. The van der Waals surface area contributed by atoms with Gasteiger partial charge in [-0.3, -0.25) is 0 Å². The maximum absolute atomic E-state index is 5.11. The lowest BCUT2D eigenvalue weighted by molar-refractivity contribution is 0.315. The number of benzene rings is 2. The molecule has 0 fully saturated rings. The van der Waals surface area contributed by atoms with Crippen LogP contribution in [0.5, 0.6) is 5.75 Å². The highest BCUT2D eigenvalue weighted by Crippen LogP contribution is 2.24. The van der Waals surface area contributed by atoms with Gasteiger partial charge in [-0.05, 0) is 46.7 Å². The summed E-state index contributed by atoms with van der Waals surface area (Å²) in [6.07, 6.45) is 0. The van der Waals surface area contributed by atoms with Crippen molar-refractivity contribution in [2.45, 2.75) is 0 Å². The molecule has 0 aliphatic heterocycles. The van der Waals surface area contributed by atoms with Crippen LogP contribution in [0.4, 0.5) is 11.4 Å². The van der Waals surface area contributed by atoms with Crippen LogP contribution in [0.3, 0.4) is 0 Å². The third kappa shape index (κ3) is 1.86. The first-order chi connectivity index (χ1) is 8.86. The molecule has 0 amide bonds. The zero-order chi connectivity index (χ0) is 12.4. The van der Waals surface area contributed by atoms with Gasteiger partial charge >= 0.3 is 0 Å². The molecule has 0 spiro atoms. The lowest BCUT2D eigenvalue weighted by Gasteiger charge is -2.07. The Morgan fingerprint density at radius 3 is 2.67 bits per heavy atom. The van der Waals surface area contributed by atoms with E-state index in [1.807, 2.05) is 42.5 Å². The number of hydrogen-bond donors (Lipinski definition) is 1. The number of fused-ring (bicyclic) bond motifs is 1. The van der Waals surface area contributed by atoms with E-state index in [1.54, 1.807) is 7.11 Å². The van der Waals surface area contributed by atoms with Crippen LogP contribution in [0.2, 0.25) is 0 Å². The fourth-order valence-corrected chi connectivity index (χ4v) is 1.74. The monoisotopic (exact) mass is 241 g/mol.